The van der Waals surface area contributed by atoms with Gasteiger partial charge in [-0.25, -0.2) is 10.4 Å². The molecule has 0 saturated heterocycles. The van der Waals surface area contributed by atoms with Crippen LogP contribution in [0.1, 0.15) is 36.0 Å². The van der Waals surface area contributed by atoms with Gasteiger partial charge in [0.05, 0.1) is 16.8 Å². The van der Waals surface area contributed by atoms with Crippen molar-refractivity contribution in [3.63, 3.8) is 0 Å². The van der Waals surface area contributed by atoms with E-state index in [4.69, 9.17) is 11.6 Å². The zero-order valence-corrected chi connectivity index (χ0v) is 15.9. The third kappa shape index (κ3) is 3.94. The number of hydrogen-bond donors (Lipinski definition) is 1. The third-order valence-corrected chi connectivity index (χ3v) is 4.99. The summed E-state index contributed by atoms with van der Waals surface area (Å²) in [7, 11) is 0. The Hall–Kier alpha value is -3.05. The Morgan fingerprint density at radius 3 is 2.64 bits per heavy atom. The van der Waals surface area contributed by atoms with Crippen LogP contribution in [0.15, 0.2) is 59.7 Å². The number of halogens is 1. The van der Waals surface area contributed by atoms with E-state index >= 15 is 0 Å². The van der Waals surface area contributed by atoms with Crippen molar-refractivity contribution in [2.24, 2.45) is 5.10 Å². The van der Waals surface area contributed by atoms with E-state index in [1.165, 1.54) is 0 Å². The molecular weight excluding hydrogens is 374 g/mol. The van der Waals surface area contributed by atoms with Crippen molar-refractivity contribution < 1.29 is 9.59 Å². The molecule has 4 rings (SSSR count). The Labute approximate surface area is 167 Å². The molecule has 0 aliphatic heterocycles. The van der Waals surface area contributed by atoms with E-state index in [9.17, 15) is 9.59 Å². The van der Waals surface area contributed by atoms with E-state index in [1.807, 2.05) is 36.4 Å². The van der Waals surface area contributed by atoms with Gasteiger partial charge in [0.2, 0.25) is 0 Å². The number of hydrazone groups is 1. The predicted octanol–water partition coefficient (Wildman–Crippen LogP) is 4.78. The summed E-state index contributed by atoms with van der Waals surface area (Å²) in [6, 6.07) is 16.6. The summed E-state index contributed by atoms with van der Waals surface area (Å²) >= 11 is 5.98. The van der Waals surface area contributed by atoms with Gasteiger partial charge >= 0.3 is 0 Å². The van der Waals surface area contributed by atoms with E-state index in [-0.39, 0.29) is 11.7 Å². The molecule has 0 spiro atoms. The first kappa shape index (κ1) is 18.3. The Morgan fingerprint density at radius 1 is 1.07 bits per heavy atom. The largest absolute Gasteiger partial charge is 0.299 e. The van der Waals surface area contributed by atoms with Gasteiger partial charge < -0.3 is 0 Å². The van der Waals surface area contributed by atoms with Gasteiger partial charge in [0.15, 0.2) is 0 Å². The van der Waals surface area contributed by atoms with Gasteiger partial charge in [-0.1, -0.05) is 41.9 Å². The van der Waals surface area contributed by atoms with Crippen molar-refractivity contribution in [2.45, 2.75) is 25.7 Å². The average Bonchev–Trinajstić information content (AvgIpc) is 2.72. The van der Waals surface area contributed by atoms with Crippen LogP contribution in [0.3, 0.4) is 0 Å². The quantitative estimate of drug-likeness (QED) is 0.653. The minimum absolute atomic E-state index is 0.165. The van der Waals surface area contributed by atoms with Gasteiger partial charge in [-0.15, -0.1) is 0 Å². The fourth-order valence-electron chi connectivity index (χ4n) is 3.31. The van der Waals surface area contributed by atoms with Gasteiger partial charge in [-0.2, -0.15) is 5.10 Å². The third-order valence-electron chi connectivity index (χ3n) is 4.74. The minimum Gasteiger partial charge on any atom is -0.299 e. The first-order valence-electron chi connectivity index (χ1n) is 9.13. The zero-order chi connectivity index (χ0) is 19.5. The summed E-state index contributed by atoms with van der Waals surface area (Å²) < 4.78 is 0. The molecule has 0 unspecified atom stereocenters. The fourth-order valence-corrected chi connectivity index (χ4v) is 3.44. The standard InChI is InChI=1S/C22H18ClN3O2/c23-15-10-8-14(9-11-15)21-13-19(18-6-1-2-7-20(18)24-21)22(28)26-25-16-4-3-5-17(27)12-16/h1-2,6-11,13H,3-5,12H2,(H,26,28)/b25-16+. The van der Waals surface area contributed by atoms with E-state index in [1.54, 1.807) is 18.2 Å². The molecule has 6 heteroatoms. The minimum atomic E-state index is -0.320. The normalized spacial score (nSPS) is 15.8. The van der Waals surface area contributed by atoms with Crippen LogP contribution in [0.2, 0.25) is 5.02 Å². The smallest absolute Gasteiger partial charge is 0.272 e. The number of benzene rings is 2. The summed E-state index contributed by atoms with van der Waals surface area (Å²) in [5.41, 5.74) is 6.10. The van der Waals surface area contributed by atoms with Gasteiger partial charge in [0.25, 0.3) is 5.91 Å². The van der Waals surface area contributed by atoms with Gasteiger partial charge in [0.1, 0.15) is 5.78 Å². The fraction of sp³-hybridized carbons (Fsp3) is 0.182. The van der Waals surface area contributed by atoms with Crippen LogP contribution in [0, 0.1) is 0 Å². The summed E-state index contributed by atoms with van der Waals surface area (Å²) in [4.78, 5) is 29.1. The van der Waals surface area contributed by atoms with Crippen LogP contribution in [0.4, 0.5) is 0 Å². The van der Waals surface area contributed by atoms with E-state index in [0.29, 0.717) is 29.1 Å². The number of nitrogens with zero attached hydrogens (tertiary/aromatic N) is 2. The lowest BCUT2D eigenvalue weighted by Crippen LogP contribution is -2.23. The van der Waals surface area contributed by atoms with Crippen molar-refractivity contribution in [1.29, 1.82) is 0 Å². The number of fused-ring (bicyclic) bond motifs is 1. The van der Waals surface area contributed by atoms with Gasteiger partial charge in [-0.3, -0.25) is 9.59 Å². The van der Waals surface area contributed by atoms with Gasteiger partial charge in [0, 0.05) is 34.5 Å². The maximum absolute atomic E-state index is 12.9. The molecule has 2 aromatic carbocycles. The number of hydrogen-bond acceptors (Lipinski definition) is 4. The van der Waals surface area contributed by atoms with Crippen LogP contribution in [0.5, 0.6) is 0 Å². The second-order valence-corrected chi connectivity index (χ2v) is 7.20. The first-order valence-corrected chi connectivity index (χ1v) is 9.51. The number of ketones is 1. The molecule has 5 nitrogen and oxygen atoms in total. The highest BCUT2D eigenvalue weighted by atomic mass is 35.5. The summed E-state index contributed by atoms with van der Waals surface area (Å²) in [6.07, 6.45) is 2.42. The molecule has 1 aromatic heterocycles. The van der Waals surface area contributed by atoms with Crippen molar-refractivity contribution in [3.8, 4) is 11.3 Å². The molecule has 1 N–H and O–H groups in total. The number of carbonyl (C=O) groups is 2. The second-order valence-electron chi connectivity index (χ2n) is 6.77. The van der Waals surface area contributed by atoms with Crippen molar-refractivity contribution in [2.75, 3.05) is 0 Å². The Balaban J connectivity index is 1.70. The maximum Gasteiger partial charge on any atom is 0.272 e. The maximum atomic E-state index is 12.9. The Morgan fingerprint density at radius 2 is 1.86 bits per heavy atom. The molecule has 1 saturated carbocycles. The topological polar surface area (TPSA) is 71.4 Å². The number of carbonyl (C=O) groups excluding carboxylic acids is 2. The lowest BCUT2D eigenvalue weighted by Gasteiger charge is -2.12. The van der Waals surface area contributed by atoms with Gasteiger partial charge in [-0.05, 0) is 37.1 Å². The summed E-state index contributed by atoms with van der Waals surface area (Å²) in [6.45, 7) is 0. The van der Waals surface area contributed by atoms with E-state index < -0.39 is 0 Å². The number of amides is 1. The zero-order valence-electron chi connectivity index (χ0n) is 15.1. The van der Waals surface area contributed by atoms with Crippen molar-refractivity contribution in [1.82, 2.24) is 10.4 Å². The average molecular weight is 392 g/mol. The van der Waals surface area contributed by atoms with Crippen molar-refractivity contribution in [3.05, 3.63) is 65.2 Å². The van der Waals surface area contributed by atoms with Crippen molar-refractivity contribution >= 4 is 39.9 Å². The Bertz CT molecular complexity index is 1090. The SMILES string of the molecule is O=C1CCC/C(=N\NC(=O)c2cc(-c3ccc(Cl)cc3)nc3ccccc23)C1. The highest BCUT2D eigenvalue weighted by Gasteiger charge is 2.17. The molecule has 1 aliphatic carbocycles. The molecule has 28 heavy (non-hydrogen) atoms. The molecule has 140 valence electrons. The highest BCUT2D eigenvalue weighted by Crippen LogP contribution is 2.26. The number of Topliss-reactive ketones (excluding diaryl/α,β-unsaturated/α-hetero) is 1. The Kier molecular flexibility index (Phi) is 5.17. The summed E-state index contributed by atoms with van der Waals surface area (Å²) in [5, 5.41) is 5.58. The number of aromatic nitrogens is 1. The van der Waals surface area contributed by atoms with E-state index in [2.05, 4.69) is 15.5 Å². The molecule has 3 aromatic rings. The number of para-hydroxylation sites is 1. The van der Waals surface area contributed by atoms with Crippen LogP contribution in [-0.2, 0) is 4.79 Å². The van der Waals surface area contributed by atoms with Crippen LogP contribution < -0.4 is 5.43 Å². The number of rotatable bonds is 3. The summed E-state index contributed by atoms with van der Waals surface area (Å²) in [5.74, 6) is -0.155. The molecular formula is C22H18ClN3O2. The number of nitrogens with one attached hydrogen (secondary N) is 1. The van der Waals surface area contributed by atoms with Crippen LogP contribution in [-0.4, -0.2) is 22.4 Å². The number of pyridine rings is 1. The lowest BCUT2D eigenvalue weighted by molar-refractivity contribution is -0.118. The predicted molar refractivity (Wildman–Crippen MR) is 111 cm³/mol. The molecule has 0 bridgehead atoms. The van der Waals surface area contributed by atoms with Crippen LogP contribution in [0.25, 0.3) is 22.2 Å². The molecule has 1 heterocycles. The lowest BCUT2D eigenvalue weighted by atomic mass is 9.97. The molecule has 1 fully saturated rings. The monoisotopic (exact) mass is 391 g/mol. The van der Waals surface area contributed by atoms with E-state index in [0.717, 1.165) is 35.0 Å². The molecule has 0 radical (unpaired) electrons. The second kappa shape index (κ2) is 7.90. The van der Waals surface area contributed by atoms with Crippen LogP contribution >= 0.6 is 11.6 Å². The molecule has 0 atom stereocenters. The molecule has 1 aliphatic rings. The highest BCUT2D eigenvalue weighted by molar-refractivity contribution is 6.30. The molecule has 1 amide bonds. The first-order chi connectivity index (χ1) is 13.6.